The average Bonchev–Trinajstić information content (AvgIpc) is 3.47. The van der Waals surface area contributed by atoms with Crippen LogP contribution in [0.1, 0.15) is 20.3 Å². The molecule has 4 heterocycles. The van der Waals surface area contributed by atoms with Gasteiger partial charge < -0.3 is 4.90 Å². The summed E-state index contributed by atoms with van der Waals surface area (Å²) in [5.74, 6) is 0.778. The zero-order chi connectivity index (χ0) is 23.0. The summed E-state index contributed by atoms with van der Waals surface area (Å²) in [6.45, 7) is 8.11. The lowest BCUT2D eigenvalue weighted by atomic mass is 10.2. The Morgan fingerprint density at radius 2 is 1.97 bits per heavy atom. The van der Waals surface area contributed by atoms with E-state index in [4.69, 9.17) is 4.98 Å². The number of pyridine rings is 2. The van der Waals surface area contributed by atoms with E-state index in [1.807, 2.05) is 6.07 Å². The Kier molecular flexibility index (Phi) is 6.35. The number of hydrogen-bond donors (Lipinski definition) is 0. The molecule has 0 N–H and O–H groups in total. The molecule has 3 aromatic heterocycles. The van der Waals surface area contributed by atoms with Gasteiger partial charge in [-0.15, -0.1) is 11.3 Å². The molecule has 9 nitrogen and oxygen atoms in total. The highest BCUT2D eigenvalue weighted by Gasteiger charge is 2.29. The highest BCUT2D eigenvalue weighted by Crippen LogP contribution is 2.26. The van der Waals surface area contributed by atoms with E-state index in [0.29, 0.717) is 16.8 Å². The van der Waals surface area contributed by atoms with E-state index in [0.717, 1.165) is 42.7 Å². The van der Waals surface area contributed by atoms with Crippen molar-refractivity contribution in [2.45, 2.75) is 31.2 Å². The van der Waals surface area contributed by atoms with Crippen LogP contribution in [0.3, 0.4) is 0 Å². The molecule has 1 fully saturated rings. The smallest absolute Gasteiger partial charge is 0.247 e. The second-order valence-corrected chi connectivity index (χ2v) is 10.9. The maximum atomic E-state index is 13.2. The minimum Gasteiger partial charge on any atom is -0.355 e. The van der Waals surface area contributed by atoms with E-state index in [-0.39, 0.29) is 10.3 Å². The van der Waals surface area contributed by atoms with Crippen LogP contribution in [-0.4, -0.2) is 78.5 Å². The SMILES string of the molecule is CCN(CC)C1CCN(c2ccc3c(=O)c(S(=O)(=O)N(C)C)cn(-c4nccs4)c3n2)C1. The Balaban J connectivity index is 1.85. The number of likely N-dealkylation sites (N-methyl/N-ethyl adjacent to an activating group) is 1. The monoisotopic (exact) mass is 476 g/mol. The minimum atomic E-state index is -3.93. The van der Waals surface area contributed by atoms with Crippen molar-refractivity contribution in [3.8, 4) is 5.13 Å². The van der Waals surface area contributed by atoms with Gasteiger partial charge in [-0.05, 0) is 31.6 Å². The molecule has 0 aliphatic carbocycles. The molecule has 4 rings (SSSR count). The molecule has 1 atom stereocenters. The predicted molar refractivity (Wildman–Crippen MR) is 127 cm³/mol. The maximum absolute atomic E-state index is 13.2. The van der Waals surface area contributed by atoms with Crippen LogP contribution < -0.4 is 10.3 Å². The predicted octanol–water partition coefficient (Wildman–Crippen LogP) is 2.01. The summed E-state index contributed by atoms with van der Waals surface area (Å²) < 4.78 is 28.3. The molecule has 1 aliphatic rings. The van der Waals surface area contributed by atoms with Crippen LogP contribution in [0.5, 0.6) is 0 Å². The lowest BCUT2D eigenvalue weighted by Crippen LogP contribution is -2.37. The van der Waals surface area contributed by atoms with E-state index < -0.39 is 15.5 Å². The Morgan fingerprint density at radius 1 is 1.22 bits per heavy atom. The number of thiazole rings is 1. The van der Waals surface area contributed by atoms with Crippen molar-refractivity contribution in [1.29, 1.82) is 0 Å². The molecular formula is C21H28N6O3S2. The first-order valence-electron chi connectivity index (χ1n) is 10.7. The third-order valence-electron chi connectivity index (χ3n) is 6.00. The van der Waals surface area contributed by atoms with Crippen molar-refractivity contribution in [2.75, 3.05) is 45.2 Å². The molecule has 172 valence electrons. The average molecular weight is 477 g/mol. The maximum Gasteiger partial charge on any atom is 0.247 e. The van der Waals surface area contributed by atoms with Crippen LogP contribution in [0.15, 0.2) is 39.6 Å². The molecule has 32 heavy (non-hydrogen) atoms. The molecule has 1 aliphatic heterocycles. The molecule has 11 heteroatoms. The van der Waals surface area contributed by atoms with E-state index >= 15 is 0 Å². The lowest BCUT2D eigenvalue weighted by Gasteiger charge is -2.26. The summed E-state index contributed by atoms with van der Waals surface area (Å²) in [7, 11) is -1.11. The third kappa shape index (κ3) is 3.94. The molecule has 0 spiro atoms. The number of hydrogen-bond acceptors (Lipinski definition) is 8. The van der Waals surface area contributed by atoms with Crippen LogP contribution in [0, 0.1) is 0 Å². The Labute approximate surface area is 192 Å². The standard InChI is InChI=1S/C21H28N6O3S2/c1-5-25(6-2)15-9-11-26(13-15)18-8-7-16-19(28)17(32(29,30)24(3)4)14-27(20(16)23-18)21-22-10-12-31-21/h7-8,10,12,14-15H,5-6,9,11,13H2,1-4H3. The van der Waals surface area contributed by atoms with E-state index in [1.165, 1.54) is 31.6 Å². The van der Waals surface area contributed by atoms with Crippen molar-refractivity contribution >= 4 is 38.2 Å². The van der Waals surface area contributed by atoms with Crippen LogP contribution in [0.25, 0.3) is 16.2 Å². The molecule has 0 saturated carbocycles. The summed E-state index contributed by atoms with van der Waals surface area (Å²) in [4.78, 5) is 26.7. The number of aromatic nitrogens is 3. The topological polar surface area (TPSA) is 91.6 Å². The zero-order valence-electron chi connectivity index (χ0n) is 18.7. The largest absolute Gasteiger partial charge is 0.355 e. The molecule has 1 saturated heterocycles. The zero-order valence-corrected chi connectivity index (χ0v) is 20.4. The van der Waals surface area contributed by atoms with Crippen molar-refractivity contribution in [3.05, 3.63) is 40.1 Å². The number of fused-ring (bicyclic) bond motifs is 1. The van der Waals surface area contributed by atoms with Crippen molar-refractivity contribution < 1.29 is 8.42 Å². The van der Waals surface area contributed by atoms with Crippen LogP contribution >= 0.6 is 11.3 Å². The van der Waals surface area contributed by atoms with Gasteiger partial charge in [0.05, 0.1) is 5.39 Å². The summed E-state index contributed by atoms with van der Waals surface area (Å²) in [6.07, 6.45) is 4.04. The Morgan fingerprint density at radius 3 is 2.59 bits per heavy atom. The van der Waals surface area contributed by atoms with Gasteiger partial charge in [-0.1, -0.05) is 13.8 Å². The lowest BCUT2D eigenvalue weighted by molar-refractivity contribution is 0.232. The molecule has 0 amide bonds. The van der Waals surface area contributed by atoms with E-state index in [9.17, 15) is 13.2 Å². The van der Waals surface area contributed by atoms with Gasteiger partial charge in [-0.3, -0.25) is 14.3 Å². The summed E-state index contributed by atoms with van der Waals surface area (Å²) >= 11 is 1.35. The molecule has 0 aromatic carbocycles. The van der Waals surface area contributed by atoms with E-state index in [1.54, 1.807) is 22.2 Å². The van der Waals surface area contributed by atoms with Crippen LogP contribution in [0.4, 0.5) is 5.82 Å². The van der Waals surface area contributed by atoms with Crippen molar-refractivity contribution in [3.63, 3.8) is 0 Å². The number of anilines is 1. The van der Waals surface area contributed by atoms with Gasteiger partial charge >= 0.3 is 0 Å². The second kappa shape index (κ2) is 8.89. The van der Waals surface area contributed by atoms with Gasteiger partial charge in [0, 0.05) is 51.0 Å². The highest BCUT2D eigenvalue weighted by atomic mass is 32.2. The van der Waals surface area contributed by atoms with Gasteiger partial charge in [0.15, 0.2) is 10.8 Å². The molecule has 1 unspecified atom stereocenters. The number of sulfonamides is 1. The first-order valence-corrected chi connectivity index (χ1v) is 13.0. The summed E-state index contributed by atoms with van der Waals surface area (Å²) in [5.41, 5.74) is -0.144. The molecule has 0 radical (unpaired) electrons. The Hall–Kier alpha value is -2.34. The normalized spacial score (nSPS) is 17.2. The fourth-order valence-electron chi connectivity index (χ4n) is 4.19. The minimum absolute atomic E-state index is 0.256. The van der Waals surface area contributed by atoms with Crippen molar-refractivity contribution in [1.82, 2.24) is 23.7 Å². The van der Waals surface area contributed by atoms with Gasteiger partial charge in [0.1, 0.15) is 10.7 Å². The summed E-state index contributed by atoms with van der Waals surface area (Å²) in [5, 5.41) is 2.61. The van der Waals surface area contributed by atoms with Crippen molar-refractivity contribution in [2.24, 2.45) is 0 Å². The number of rotatable bonds is 7. The fourth-order valence-corrected chi connectivity index (χ4v) is 5.79. The summed E-state index contributed by atoms with van der Waals surface area (Å²) in [6, 6.07) is 3.96. The second-order valence-electron chi connectivity index (χ2n) is 7.94. The highest BCUT2D eigenvalue weighted by molar-refractivity contribution is 7.89. The Bertz CT molecular complexity index is 1270. The van der Waals surface area contributed by atoms with Gasteiger partial charge in [0.25, 0.3) is 0 Å². The molecular weight excluding hydrogens is 448 g/mol. The van der Waals surface area contributed by atoms with Gasteiger partial charge in [-0.25, -0.2) is 22.7 Å². The van der Waals surface area contributed by atoms with Gasteiger partial charge in [-0.2, -0.15) is 0 Å². The number of nitrogens with zero attached hydrogens (tertiary/aromatic N) is 6. The fraction of sp³-hybridized carbons (Fsp3) is 0.476. The first kappa shape index (κ1) is 22.8. The van der Waals surface area contributed by atoms with Gasteiger partial charge in [0.2, 0.25) is 15.5 Å². The quantitative estimate of drug-likeness (QED) is 0.515. The molecule has 0 bridgehead atoms. The van der Waals surface area contributed by atoms with Crippen LogP contribution in [-0.2, 0) is 10.0 Å². The third-order valence-corrected chi connectivity index (χ3v) is 8.58. The molecule has 3 aromatic rings. The first-order chi connectivity index (χ1) is 15.3. The van der Waals surface area contributed by atoms with E-state index in [2.05, 4.69) is 28.6 Å². The van der Waals surface area contributed by atoms with Crippen LogP contribution in [0.2, 0.25) is 0 Å².